The van der Waals surface area contributed by atoms with Crippen molar-refractivity contribution in [2.75, 3.05) is 39.9 Å². The first kappa shape index (κ1) is 21.2. The zero-order chi connectivity index (χ0) is 20.9. The highest BCUT2D eigenvalue weighted by atomic mass is 16.5. The van der Waals surface area contributed by atoms with Crippen LogP contribution in [0.1, 0.15) is 43.0 Å². The smallest absolute Gasteiger partial charge is 0.255 e. The molecule has 1 unspecified atom stereocenters. The maximum Gasteiger partial charge on any atom is 0.255 e. The monoisotopic (exact) mass is 402 g/mol. The molecule has 0 saturated carbocycles. The minimum atomic E-state index is -0.545. The van der Waals surface area contributed by atoms with Crippen molar-refractivity contribution in [3.05, 3.63) is 30.1 Å². The minimum Gasteiger partial charge on any atom is -0.385 e. The summed E-state index contributed by atoms with van der Waals surface area (Å²) in [6.07, 6.45) is 5.63. The second-order valence-corrected chi connectivity index (χ2v) is 7.76. The van der Waals surface area contributed by atoms with Gasteiger partial charge in [0.25, 0.3) is 5.91 Å². The van der Waals surface area contributed by atoms with Crippen molar-refractivity contribution in [3.63, 3.8) is 0 Å². The van der Waals surface area contributed by atoms with E-state index in [0.717, 1.165) is 6.42 Å². The first-order valence-electron chi connectivity index (χ1n) is 10.3. The number of likely N-dealkylation sites (N-methyl/N-ethyl adjacent to an activating group) is 1. The lowest BCUT2D eigenvalue weighted by Crippen LogP contribution is -2.47. The van der Waals surface area contributed by atoms with E-state index in [1.54, 1.807) is 41.4 Å². The lowest BCUT2D eigenvalue weighted by atomic mass is 9.75. The van der Waals surface area contributed by atoms with Crippen LogP contribution in [-0.2, 0) is 14.3 Å². The van der Waals surface area contributed by atoms with Gasteiger partial charge in [-0.2, -0.15) is 0 Å². The molecule has 3 rings (SSSR count). The van der Waals surface area contributed by atoms with Crippen LogP contribution in [0.25, 0.3) is 0 Å². The van der Waals surface area contributed by atoms with E-state index in [4.69, 9.17) is 4.74 Å². The van der Waals surface area contributed by atoms with E-state index >= 15 is 0 Å². The number of carbonyl (C=O) groups excluding carboxylic acids is 3. The Hall–Kier alpha value is -2.48. The third-order valence-electron chi connectivity index (χ3n) is 6.06. The van der Waals surface area contributed by atoms with E-state index in [1.165, 1.54) is 0 Å². The van der Waals surface area contributed by atoms with Gasteiger partial charge in [-0.1, -0.05) is 0 Å². The largest absolute Gasteiger partial charge is 0.385 e. The van der Waals surface area contributed by atoms with Gasteiger partial charge in [0.1, 0.15) is 6.04 Å². The molecule has 1 N–H and O–H groups in total. The van der Waals surface area contributed by atoms with Gasteiger partial charge < -0.3 is 19.9 Å². The molecule has 1 atom stereocenters. The Kier molecular flexibility index (Phi) is 6.84. The number of likely N-dealkylation sites (tertiary alicyclic amines) is 2. The number of rotatable bonds is 7. The molecule has 2 saturated heterocycles. The number of hydrogen-bond acceptors (Lipinski definition) is 5. The van der Waals surface area contributed by atoms with Gasteiger partial charge in [-0.3, -0.25) is 19.4 Å². The zero-order valence-corrected chi connectivity index (χ0v) is 17.2. The van der Waals surface area contributed by atoms with Gasteiger partial charge >= 0.3 is 0 Å². The molecule has 8 nitrogen and oxygen atoms in total. The van der Waals surface area contributed by atoms with Gasteiger partial charge in [-0.25, -0.2) is 0 Å². The number of nitrogens with zero attached hydrogens (tertiary/aromatic N) is 3. The molecule has 3 amide bonds. The minimum absolute atomic E-state index is 0.0468. The third-order valence-corrected chi connectivity index (χ3v) is 6.06. The van der Waals surface area contributed by atoms with E-state index in [-0.39, 0.29) is 17.7 Å². The third kappa shape index (κ3) is 4.42. The number of hydrogen-bond donors (Lipinski definition) is 1. The number of aromatic nitrogens is 1. The predicted molar refractivity (Wildman–Crippen MR) is 107 cm³/mol. The van der Waals surface area contributed by atoms with Crippen molar-refractivity contribution in [2.24, 2.45) is 5.41 Å². The Morgan fingerprint density at radius 3 is 2.72 bits per heavy atom. The van der Waals surface area contributed by atoms with E-state index in [1.807, 2.05) is 6.92 Å². The van der Waals surface area contributed by atoms with Crippen molar-refractivity contribution >= 4 is 17.7 Å². The van der Waals surface area contributed by atoms with Gasteiger partial charge in [0, 0.05) is 52.3 Å². The van der Waals surface area contributed by atoms with Gasteiger partial charge in [0.15, 0.2) is 0 Å². The normalized spacial score (nSPS) is 20.9. The Morgan fingerprint density at radius 1 is 1.34 bits per heavy atom. The molecule has 2 aliphatic heterocycles. The van der Waals surface area contributed by atoms with Gasteiger partial charge in [-0.05, 0) is 44.7 Å². The number of amides is 3. The Morgan fingerprint density at radius 2 is 2.10 bits per heavy atom. The SMILES string of the molecule is CCN1C(=O)C2(CCN(C(=O)c3cccnc3)CC2)CC1C(=O)NCCCOC. The molecule has 3 heterocycles. The molecular formula is C21H30N4O4. The average molecular weight is 402 g/mol. The van der Waals surface area contributed by atoms with E-state index in [0.29, 0.717) is 57.6 Å². The van der Waals surface area contributed by atoms with Crippen LogP contribution in [0, 0.1) is 5.41 Å². The second kappa shape index (κ2) is 9.35. The first-order chi connectivity index (χ1) is 14.0. The molecule has 1 spiro atoms. The molecule has 29 heavy (non-hydrogen) atoms. The van der Waals surface area contributed by atoms with E-state index in [9.17, 15) is 14.4 Å². The molecule has 1 aromatic heterocycles. The summed E-state index contributed by atoms with van der Waals surface area (Å²) < 4.78 is 5.01. The Balaban J connectivity index is 1.62. The molecule has 0 aliphatic carbocycles. The molecule has 158 valence electrons. The summed E-state index contributed by atoms with van der Waals surface area (Å²) >= 11 is 0. The van der Waals surface area contributed by atoms with Crippen LogP contribution in [0.2, 0.25) is 0 Å². The summed E-state index contributed by atoms with van der Waals surface area (Å²) in [5.41, 5.74) is 0.0145. The molecular weight excluding hydrogens is 372 g/mol. The maximum atomic E-state index is 13.2. The number of piperidine rings is 1. The Labute approximate surface area is 171 Å². The zero-order valence-electron chi connectivity index (χ0n) is 17.2. The highest BCUT2D eigenvalue weighted by Gasteiger charge is 2.54. The summed E-state index contributed by atoms with van der Waals surface area (Å²) in [5.74, 6) is -0.106. The summed E-state index contributed by atoms with van der Waals surface area (Å²) in [6, 6.07) is 3.06. The standard InChI is InChI=1S/C21H30N4O4/c1-3-25-17(18(26)23-10-5-13-29-2)14-21(20(25)28)7-11-24(12-8-21)19(27)16-6-4-9-22-15-16/h4,6,9,15,17H,3,5,7-8,10-14H2,1-2H3,(H,23,26). The topological polar surface area (TPSA) is 91.8 Å². The predicted octanol–water partition coefficient (Wildman–Crippen LogP) is 1.08. The number of pyridine rings is 1. The summed E-state index contributed by atoms with van der Waals surface area (Å²) in [5, 5.41) is 2.93. The van der Waals surface area contributed by atoms with Gasteiger partial charge in [-0.15, -0.1) is 0 Å². The highest BCUT2D eigenvalue weighted by molar-refractivity contribution is 5.96. The number of carbonyl (C=O) groups is 3. The van der Waals surface area contributed by atoms with Crippen LogP contribution >= 0.6 is 0 Å². The summed E-state index contributed by atoms with van der Waals surface area (Å²) in [6.45, 7) is 4.57. The molecule has 1 aromatic rings. The first-order valence-corrected chi connectivity index (χ1v) is 10.3. The van der Waals surface area contributed by atoms with Gasteiger partial charge in [0.2, 0.25) is 11.8 Å². The van der Waals surface area contributed by atoms with E-state index in [2.05, 4.69) is 10.3 Å². The van der Waals surface area contributed by atoms with Crippen LogP contribution in [0.4, 0.5) is 0 Å². The van der Waals surface area contributed by atoms with Crippen LogP contribution in [0.5, 0.6) is 0 Å². The van der Waals surface area contributed by atoms with Crippen molar-refractivity contribution in [1.29, 1.82) is 0 Å². The van der Waals surface area contributed by atoms with Crippen molar-refractivity contribution in [3.8, 4) is 0 Å². The Bertz CT molecular complexity index is 731. The molecule has 2 aliphatic rings. The fraction of sp³-hybridized carbons (Fsp3) is 0.619. The summed E-state index contributed by atoms with van der Waals surface area (Å²) in [7, 11) is 1.63. The van der Waals surface area contributed by atoms with Crippen molar-refractivity contribution in [1.82, 2.24) is 20.1 Å². The molecule has 2 fully saturated rings. The number of nitrogens with one attached hydrogen (secondary N) is 1. The van der Waals surface area contributed by atoms with Crippen LogP contribution in [0.3, 0.4) is 0 Å². The molecule has 0 radical (unpaired) electrons. The van der Waals surface area contributed by atoms with Crippen LogP contribution < -0.4 is 5.32 Å². The second-order valence-electron chi connectivity index (χ2n) is 7.76. The van der Waals surface area contributed by atoms with Crippen LogP contribution in [0.15, 0.2) is 24.5 Å². The van der Waals surface area contributed by atoms with Gasteiger partial charge in [0.05, 0.1) is 11.0 Å². The molecule has 0 bridgehead atoms. The van der Waals surface area contributed by atoms with E-state index < -0.39 is 11.5 Å². The van der Waals surface area contributed by atoms with Crippen molar-refractivity contribution < 1.29 is 19.1 Å². The summed E-state index contributed by atoms with van der Waals surface area (Å²) in [4.78, 5) is 46.0. The van der Waals surface area contributed by atoms with Crippen LogP contribution in [-0.4, -0.2) is 78.4 Å². The quantitative estimate of drug-likeness (QED) is 0.689. The highest BCUT2D eigenvalue weighted by Crippen LogP contribution is 2.44. The fourth-order valence-corrected chi connectivity index (χ4v) is 4.39. The average Bonchev–Trinajstić information content (AvgIpc) is 3.03. The fourth-order valence-electron chi connectivity index (χ4n) is 4.39. The lowest BCUT2D eigenvalue weighted by Gasteiger charge is -2.37. The molecule has 8 heteroatoms. The van der Waals surface area contributed by atoms with Crippen molar-refractivity contribution in [2.45, 2.75) is 38.6 Å². The number of methoxy groups -OCH3 is 1. The number of ether oxygens (including phenoxy) is 1. The lowest BCUT2D eigenvalue weighted by molar-refractivity contribution is -0.140. The maximum absolute atomic E-state index is 13.2. The molecule has 0 aromatic carbocycles.